The minimum absolute atomic E-state index is 0.0593. The Morgan fingerprint density at radius 3 is 2.17 bits per heavy atom. The van der Waals surface area contributed by atoms with Crippen LogP contribution in [0.25, 0.3) is 5.57 Å². The lowest BCUT2D eigenvalue weighted by atomic mass is 9.86. The van der Waals surface area contributed by atoms with Gasteiger partial charge in [-0.2, -0.15) is 0 Å². The first-order chi connectivity index (χ1) is 11.0. The molecule has 1 aromatic rings. The molecule has 0 fully saturated rings. The van der Waals surface area contributed by atoms with Crippen molar-refractivity contribution in [2.45, 2.75) is 47.0 Å². The Hall–Kier alpha value is -1.78. The predicted molar refractivity (Wildman–Crippen MR) is 108 cm³/mol. The van der Waals surface area contributed by atoms with E-state index >= 15 is 0 Å². The first-order valence-corrected chi connectivity index (χ1v) is 8.64. The molecule has 0 aliphatic heterocycles. The smallest absolute Gasteiger partial charge is 0.0234 e. The summed E-state index contributed by atoms with van der Waals surface area (Å²) in [5, 5.41) is 0. The summed E-state index contributed by atoms with van der Waals surface area (Å²) in [7, 11) is 2.11. The normalized spacial score (nSPS) is 12.3. The molecule has 0 aliphatic rings. The van der Waals surface area contributed by atoms with Gasteiger partial charge in [-0.05, 0) is 56.0 Å². The Bertz CT molecular complexity index is 622. The Morgan fingerprint density at radius 2 is 1.67 bits per heavy atom. The average molecular weight is 324 g/mol. The van der Waals surface area contributed by atoms with Gasteiger partial charge < -0.3 is 0 Å². The molecule has 0 bridgehead atoms. The SMILES string of the molecule is C=C(CN(C)CC=CC#CC(C)(C)C)c1ccc(C(C)(C)C)cc1. The third-order valence-corrected chi connectivity index (χ3v) is 3.69. The fourth-order valence-electron chi connectivity index (χ4n) is 2.24. The van der Waals surface area contributed by atoms with E-state index in [2.05, 4.69) is 102 Å². The second kappa shape index (κ2) is 8.36. The van der Waals surface area contributed by atoms with E-state index in [-0.39, 0.29) is 10.8 Å². The van der Waals surface area contributed by atoms with Crippen LogP contribution in [0.1, 0.15) is 52.7 Å². The Kier molecular flexibility index (Phi) is 7.06. The van der Waals surface area contributed by atoms with E-state index < -0.39 is 0 Å². The van der Waals surface area contributed by atoms with Crippen LogP contribution in [0.2, 0.25) is 0 Å². The second-order valence-corrected chi connectivity index (χ2v) is 8.55. The second-order valence-electron chi connectivity index (χ2n) is 8.55. The van der Waals surface area contributed by atoms with Crippen molar-refractivity contribution >= 4 is 5.57 Å². The van der Waals surface area contributed by atoms with E-state index in [0.29, 0.717) is 0 Å². The molecule has 0 heterocycles. The predicted octanol–water partition coefficient (Wildman–Crippen LogP) is 5.53. The summed E-state index contributed by atoms with van der Waals surface area (Å²) < 4.78 is 0. The van der Waals surface area contributed by atoms with Crippen LogP contribution in [0.15, 0.2) is 43.0 Å². The van der Waals surface area contributed by atoms with E-state index in [9.17, 15) is 0 Å². The lowest BCUT2D eigenvalue weighted by molar-refractivity contribution is 0.419. The monoisotopic (exact) mass is 323 g/mol. The number of likely N-dealkylation sites (N-methyl/N-ethyl adjacent to an activating group) is 1. The molecule has 0 aliphatic carbocycles. The molecule has 1 rings (SSSR count). The van der Waals surface area contributed by atoms with Crippen LogP contribution >= 0.6 is 0 Å². The van der Waals surface area contributed by atoms with Gasteiger partial charge in [0.25, 0.3) is 0 Å². The van der Waals surface area contributed by atoms with Crippen molar-refractivity contribution in [3.8, 4) is 11.8 Å². The van der Waals surface area contributed by atoms with Crippen molar-refractivity contribution in [3.05, 3.63) is 54.1 Å². The van der Waals surface area contributed by atoms with E-state index in [1.807, 2.05) is 6.08 Å². The summed E-state index contributed by atoms with van der Waals surface area (Å²) in [6.45, 7) is 19.0. The van der Waals surface area contributed by atoms with Crippen LogP contribution in [0.4, 0.5) is 0 Å². The molecular formula is C23H33N. The van der Waals surface area contributed by atoms with Gasteiger partial charge in [0.05, 0.1) is 0 Å². The van der Waals surface area contributed by atoms with E-state index in [0.717, 1.165) is 18.7 Å². The minimum Gasteiger partial charge on any atom is -0.298 e. The molecule has 1 aromatic carbocycles. The van der Waals surface area contributed by atoms with Crippen LogP contribution in [0.5, 0.6) is 0 Å². The molecule has 130 valence electrons. The van der Waals surface area contributed by atoms with Crippen molar-refractivity contribution in [2.75, 3.05) is 20.1 Å². The average Bonchev–Trinajstić information content (AvgIpc) is 2.44. The quantitative estimate of drug-likeness (QED) is 0.644. The summed E-state index contributed by atoms with van der Waals surface area (Å²) in [4.78, 5) is 2.25. The third kappa shape index (κ3) is 7.66. The third-order valence-electron chi connectivity index (χ3n) is 3.69. The topological polar surface area (TPSA) is 3.24 Å². The van der Waals surface area contributed by atoms with Crippen LogP contribution in [0.3, 0.4) is 0 Å². The van der Waals surface area contributed by atoms with E-state index in [1.165, 1.54) is 11.1 Å². The van der Waals surface area contributed by atoms with Gasteiger partial charge in [0, 0.05) is 18.5 Å². The highest BCUT2D eigenvalue weighted by molar-refractivity contribution is 5.65. The molecule has 24 heavy (non-hydrogen) atoms. The Morgan fingerprint density at radius 1 is 1.08 bits per heavy atom. The number of rotatable bonds is 5. The number of hydrogen-bond acceptors (Lipinski definition) is 1. The minimum atomic E-state index is 0.0593. The van der Waals surface area contributed by atoms with Crippen molar-refractivity contribution in [2.24, 2.45) is 5.41 Å². The van der Waals surface area contributed by atoms with E-state index in [1.54, 1.807) is 0 Å². The number of benzene rings is 1. The number of allylic oxidation sites excluding steroid dienone is 1. The summed E-state index contributed by atoms with van der Waals surface area (Å²) in [5.74, 6) is 6.31. The van der Waals surface area contributed by atoms with Crippen LogP contribution in [0, 0.1) is 17.3 Å². The van der Waals surface area contributed by atoms with Crippen molar-refractivity contribution in [1.29, 1.82) is 0 Å². The van der Waals surface area contributed by atoms with Crippen molar-refractivity contribution in [3.63, 3.8) is 0 Å². The Labute approximate surface area is 149 Å². The fraction of sp³-hybridized carbons (Fsp3) is 0.478. The number of nitrogens with zero attached hydrogens (tertiary/aromatic N) is 1. The molecule has 0 atom stereocenters. The first-order valence-electron chi connectivity index (χ1n) is 8.64. The summed E-state index contributed by atoms with van der Waals surface area (Å²) >= 11 is 0. The summed E-state index contributed by atoms with van der Waals surface area (Å²) in [6.07, 6.45) is 4.05. The van der Waals surface area contributed by atoms with Gasteiger partial charge in [-0.25, -0.2) is 0 Å². The molecule has 0 aromatic heterocycles. The molecule has 0 saturated heterocycles. The molecule has 0 radical (unpaired) electrons. The van der Waals surface area contributed by atoms with Crippen molar-refractivity contribution < 1.29 is 0 Å². The maximum Gasteiger partial charge on any atom is 0.0234 e. The van der Waals surface area contributed by atoms with Gasteiger partial charge in [0.2, 0.25) is 0 Å². The maximum absolute atomic E-state index is 4.24. The van der Waals surface area contributed by atoms with Gasteiger partial charge in [-0.1, -0.05) is 69.5 Å². The zero-order valence-corrected chi connectivity index (χ0v) is 16.5. The summed E-state index contributed by atoms with van der Waals surface area (Å²) in [6, 6.07) is 8.79. The van der Waals surface area contributed by atoms with Gasteiger partial charge in [0.15, 0.2) is 0 Å². The summed E-state index contributed by atoms with van der Waals surface area (Å²) in [5.41, 5.74) is 3.96. The largest absolute Gasteiger partial charge is 0.298 e. The molecule has 1 heteroatoms. The molecule has 0 amide bonds. The van der Waals surface area contributed by atoms with Gasteiger partial charge in [-0.3, -0.25) is 4.90 Å². The molecule has 0 N–H and O–H groups in total. The van der Waals surface area contributed by atoms with E-state index in [4.69, 9.17) is 0 Å². The lowest BCUT2D eigenvalue weighted by Gasteiger charge is -2.20. The molecule has 0 saturated carbocycles. The standard InChI is InChI=1S/C23H33N/c1-19(20-12-14-21(15-13-20)23(5,6)7)18-24(8)17-11-9-10-16-22(2,3)4/h9,11-15H,1,17-18H2,2-8H3. The molecule has 0 unspecified atom stereocenters. The number of hydrogen-bond donors (Lipinski definition) is 0. The highest BCUT2D eigenvalue weighted by Gasteiger charge is 2.13. The highest BCUT2D eigenvalue weighted by Crippen LogP contribution is 2.24. The maximum atomic E-state index is 4.24. The zero-order chi connectivity index (χ0) is 18.4. The van der Waals surface area contributed by atoms with Gasteiger partial charge in [-0.15, -0.1) is 0 Å². The van der Waals surface area contributed by atoms with Gasteiger partial charge >= 0.3 is 0 Å². The van der Waals surface area contributed by atoms with Gasteiger partial charge in [0.1, 0.15) is 0 Å². The van der Waals surface area contributed by atoms with Crippen LogP contribution in [-0.4, -0.2) is 25.0 Å². The molecule has 1 nitrogen and oxygen atoms in total. The van der Waals surface area contributed by atoms with Crippen LogP contribution < -0.4 is 0 Å². The van der Waals surface area contributed by atoms with Crippen molar-refractivity contribution in [1.82, 2.24) is 4.90 Å². The zero-order valence-electron chi connectivity index (χ0n) is 16.5. The lowest BCUT2D eigenvalue weighted by Crippen LogP contribution is -2.20. The first kappa shape index (κ1) is 20.3. The fourth-order valence-corrected chi connectivity index (χ4v) is 2.24. The van der Waals surface area contributed by atoms with Crippen LogP contribution in [-0.2, 0) is 5.41 Å². The highest BCUT2D eigenvalue weighted by atomic mass is 15.1. The molecule has 0 spiro atoms. The molecular weight excluding hydrogens is 290 g/mol. The Balaban J connectivity index is 2.55.